The van der Waals surface area contributed by atoms with E-state index in [0.717, 1.165) is 36.2 Å². The number of rotatable bonds is 6. The first-order valence-electron chi connectivity index (χ1n) is 10.7. The van der Waals surface area contributed by atoms with Crippen molar-refractivity contribution < 1.29 is 8.42 Å². The van der Waals surface area contributed by atoms with E-state index in [-0.39, 0.29) is 0 Å². The predicted octanol–water partition coefficient (Wildman–Crippen LogP) is 5.32. The molecule has 0 saturated carbocycles. The highest BCUT2D eigenvalue weighted by Crippen LogP contribution is 2.27. The Balaban J connectivity index is 1.56. The van der Waals surface area contributed by atoms with Crippen molar-refractivity contribution in [2.45, 2.75) is 52.3 Å². The van der Waals surface area contributed by atoms with E-state index >= 15 is 0 Å². The van der Waals surface area contributed by atoms with Gasteiger partial charge in [0, 0.05) is 36.7 Å². The van der Waals surface area contributed by atoms with Gasteiger partial charge in [-0.1, -0.05) is 26.0 Å². The predicted molar refractivity (Wildman–Crippen MR) is 128 cm³/mol. The highest BCUT2D eigenvalue weighted by atomic mass is 32.2. The maximum atomic E-state index is 12.3. The number of hydrogen-bond acceptors (Lipinski definition) is 4. The van der Waals surface area contributed by atoms with E-state index in [1.54, 1.807) is 20.8 Å². The fourth-order valence-corrected chi connectivity index (χ4v) is 4.62. The molecule has 3 rings (SSSR count). The topological polar surface area (TPSA) is 61.4 Å². The smallest absolute Gasteiger partial charge is 0.237 e. The zero-order valence-electron chi connectivity index (χ0n) is 18.8. The van der Waals surface area contributed by atoms with Gasteiger partial charge in [0.05, 0.1) is 4.75 Å². The molecule has 2 aromatic rings. The second-order valence-corrected chi connectivity index (χ2v) is 12.1. The second-order valence-electron chi connectivity index (χ2n) is 9.67. The van der Waals surface area contributed by atoms with Crippen molar-refractivity contribution in [2.24, 2.45) is 11.8 Å². The average Bonchev–Trinajstić information content (AvgIpc) is 2.66. The summed E-state index contributed by atoms with van der Waals surface area (Å²) < 4.78 is 26.3. The summed E-state index contributed by atoms with van der Waals surface area (Å²) in [4.78, 5) is 2.49. The van der Waals surface area contributed by atoms with Crippen LogP contribution in [0.3, 0.4) is 0 Å². The number of sulfonamides is 1. The van der Waals surface area contributed by atoms with Crippen molar-refractivity contribution in [3.63, 3.8) is 0 Å². The van der Waals surface area contributed by atoms with Crippen LogP contribution >= 0.6 is 0 Å². The molecule has 0 bridgehead atoms. The molecule has 164 valence electrons. The average molecular weight is 430 g/mol. The highest BCUT2D eigenvalue weighted by Gasteiger charge is 2.28. The number of hydrogen-bond donors (Lipinski definition) is 2. The van der Waals surface area contributed by atoms with Crippen LogP contribution in [0.25, 0.3) is 0 Å². The molecule has 0 radical (unpaired) electrons. The summed E-state index contributed by atoms with van der Waals surface area (Å²) in [7, 11) is -3.41. The summed E-state index contributed by atoms with van der Waals surface area (Å²) in [5, 5.41) is 3.44. The van der Waals surface area contributed by atoms with Crippen LogP contribution in [0, 0.1) is 11.8 Å². The van der Waals surface area contributed by atoms with Crippen LogP contribution in [0.4, 0.5) is 17.1 Å². The zero-order valence-corrected chi connectivity index (χ0v) is 19.6. The van der Waals surface area contributed by atoms with Crippen LogP contribution in [-0.2, 0) is 16.6 Å². The van der Waals surface area contributed by atoms with Crippen molar-refractivity contribution in [1.29, 1.82) is 0 Å². The molecule has 0 aromatic heterocycles. The lowest BCUT2D eigenvalue weighted by atomic mass is 9.91. The van der Waals surface area contributed by atoms with Crippen LogP contribution in [0.5, 0.6) is 0 Å². The van der Waals surface area contributed by atoms with Gasteiger partial charge in [-0.25, -0.2) is 8.42 Å². The van der Waals surface area contributed by atoms with Crippen LogP contribution in [0.1, 0.15) is 46.6 Å². The molecule has 2 atom stereocenters. The molecule has 0 spiro atoms. The molecule has 1 fully saturated rings. The quantitative estimate of drug-likeness (QED) is 0.652. The van der Waals surface area contributed by atoms with Gasteiger partial charge in [0.1, 0.15) is 0 Å². The maximum Gasteiger partial charge on any atom is 0.237 e. The monoisotopic (exact) mass is 429 g/mol. The highest BCUT2D eigenvalue weighted by molar-refractivity contribution is 7.94. The van der Waals surface area contributed by atoms with Gasteiger partial charge in [-0.3, -0.25) is 4.72 Å². The van der Waals surface area contributed by atoms with Crippen molar-refractivity contribution in [3.8, 4) is 0 Å². The van der Waals surface area contributed by atoms with Gasteiger partial charge in [0.2, 0.25) is 10.0 Å². The Morgan fingerprint density at radius 1 is 0.900 bits per heavy atom. The summed E-state index contributed by atoms with van der Waals surface area (Å²) >= 11 is 0. The molecule has 2 aromatic carbocycles. The van der Waals surface area contributed by atoms with Gasteiger partial charge in [-0.15, -0.1) is 0 Å². The molecular formula is C24H35N3O2S. The molecule has 30 heavy (non-hydrogen) atoms. The molecule has 1 heterocycles. The molecule has 5 nitrogen and oxygen atoms in total. The maximum absolute atomic E-state index is 12.3. The third kappa shape index (κ3) is 5.69. The molecule has 1 aliphatic heterocycles. The minimum Gasteiger partial charge on any atom is -0.381 e. The Hall–Kier alpha value is -2.21. The van der Waals surface area contributed by atoms with Crippen molar-refractivity contribution in [3.05, 3.63) is 54.1 Å². The van der Waals surface area contributed by atoms with E-state index in [4.69, 9.17) is 0 Å². The number of nitrogens with zero attached hydrogens (tertiary/aromatic N) is 1. The number of piperidine rings is 1. The van der Waals surface area contributed by atoms with E-state index in [0.29, 0.717) is 12.2 Å². The summed E-state index contributed by atoms with van der Waals surface area (Å²) in [5.74, 6) is 1.48. The molecule has 2 unspecified atom stereocenters. The largest absolute Gasteiger partial charge is 0.381 e. The lowest BCUT2D eigenvalue weighted by Gasteiger charge is -2.36. The van der Waals surface area contributed by atoms with Crippen LogP contribution in [-0.4, -0.2) is 26.3 Å². The van der Waals surface area contributed by atoms with Gasteiger partial charge in [-0.05, 0) is 81.0 Å². The first kappa shape index (κ1) is 22.5. The fourth-order valence-electron chi connectivity index (χ4n) is 3.87. The van der Waals surface area contributed by atoms with E-state index in [2.05, 4.69) is 53.1 Å². The Morgan fingerprint density at radius 3 is 1.97 bits per heavy atom. The molecule has 1 aliphatic rings. The fraction of sp³-hybridized carbons (Fsp3) is 0.500. The van der Waals surface area contributed by atoms with Gasteiger partial charge in [0.25, 0.3) is 0 Å². The minimum atomic E-state index is -3.41. The van der Waals surface area contributed by atoms with E-state index in [1.165, 1.54) is 12.1 Å². The lowest BCUT2D eigenvalue weighted by Crippen LogP contribution is -2.38. The number of anilines is 3. The molecule has 0 aliphatic carbocycles. The van der Waals surface area contributed by atoms with Crippen molar-refractivity contribution in [1.82, 2.24) is 0 Å². The van der Waals surface area contributed by atoms with E-state index < -0.39 is 14.8 Å². The Morgan fingerprint density at radius 2 is 1.43 bits per heavy atom. The van der Waals surface area contributed by atoms with Gasteiger partial charge >= 0.3 is 0 Å². The first-order chi connectivity index (χ1) is 14.0. The van der Waals surface area contributed by atoms with Crippen LogP contribution in [0.2, 0.25) is 0 Å². The Labute approximate surface area is 181 Å². The second kappa shape index (κ2) is 8.88. The van der Waals surface area contributed by atoms with Gasteiger partial charge < -0.3 is 10.2 Å². The third-order valence-corrected chi connectivity index (χ3v) is 7.73. The Bertz CT molecular complexity index is 922. The Kier molecular flexibility index (Phi) is 6.65. The lowest BCUT2D eigenvalue weighted by molar-refractivity contribution is 0.357. The van der Waals surface area contributed by atoms with Gasteiger partial charge in [0.15, 0.2) is 0 Å². The summed E-state index contributed by atoms with van der Waals surface area (Å²) in [6.07, 6.45) is 1.31. The summed E-state index contributed by atoms with van der Waals surface area (Å²) in [5.41, 5.74) is 4.04. The number of nitrogens with one attached hydrogen (secondary N) is 2. The van der Waals surface area contributed by atoms with E-state index in [1.807, 2.05) is 24.3 Å². The van der Waals surface area contributed by atoms with Crippen molar-refractivity contribution in [2.75, 3.05) is 28.0 Å². The standard InChI is InChI=1S/C24H35N3O2S/c1-18-14-19(2)17-27(16-18)23-12-10-21(11-13-23)25-15-20-6-8-22(9-7-20)26-30(28,29)24(3,4)5/h6-13,18-19,25-26H,14-17H2,1-5H3. The van der Waals surface area contributed by atoms with Gasteiger partial charge in [-0.2, -0.15) is 0 Å². The van der Waals surface area contributed by atoms with E-state index in [9.17, 15) is 8.42 Å². The molecule has 0 amide bonds. The minimum absolute atomic E-state index is 0.586. The zero-order chi connectivity index (χ0) is 21.9. The van der Waals surface area contributed by atoms with Crippen molar-refractivity contribution >= 4 is 27.1 Å². The summed E-state index contributed by atoms with van der Waals surface area (Å²) in [6, 6.07) is 16.1. The molecule has 2 N–H and O–H groups in total. The molecule has 6 heteroatoms. The molecular weight excluding hydrogens is 394 g/mol. The third-order valence-electron chi connectivity index (χ3n) is 5.61. The number of benzene rings is 2. The van der Waals surface area contributed by atoms with Crippen LogP contribution in [0.15, 0.2) is 48.5 Å². The summed E-state index contributed by atoms with van der Waals surface area (Å²) in [6.45, 7) is 12.7. The molecule has 1 saturated heterocycles. The SMILES string of the molecule is CC1CC(C)CN(c2ccc(NCc3ccc(NS(=O)(=O)C(C)(C)C)cc3)cc2)C1. The first-order valence-corrected chi connectivity index (χ1v) is 12.2. The van der Waals surface area contributed by atoms with Crippen LogP contribution < -0.4 is 14.9 Å². The normalized spacial score (nSPS) is 20.1.